The van der Waals surface area contributed by atoms with Crippen molar-refractivity contribution < 1.29 is 4.79 Å². The Morgan fingerprint density at radius 3 is 2.77 bits per heavy atom. The second kappa shape index (κ2) is 3.66. The fourth-order valence-corrected chi connectivity index (χ4v) is 2.22. The first-order chi connectivity index (χ1) is 6.31. The Kier molecular flexibility index (Phi) is 2.54. The van der Waals surface area contributed by atoms with Crippen molar-refractivity contribution in [1.29, 1.82) is 0 Å². The number of likely N-dealkylation sites (tertiary alicyclic amines) is 2. The van der Waals surface area contributed by atoms with Crippen LogP contribution in [0.4, 0.5) is 0 Å². The molecule has 2 aliphatic rings. The minimum absolute atomic E-state index is 0.349. The smallest absolute Gasteiger partial charge is 0.223 e. The van der Waals surface area contributed by atoms with E-state index in [2.05, 4.69) is 11.8 Å². The van der Waals surface area contributed by atoms with Gasteiger partial charge in [-0.05, 0) is 19.3 Å². The summed E-state index contributed by atoms with van der Waals surface area (Å²) >= 11 is 0. The summed E-state index contributed by atoms with van der Waals surface area (Å²) in [4.78, 5) is 15.8. The van der Waals surface area contributed by atoms with E-state index in [1.807, 2.05) is 4.90 Å². The molecule has 0 N–H and O–H groups in total. The second-order valence-corrected chi connectivity index (χ2v) is 4.07. The third kappa shape index (κ3) is 1.70. The summed E-state index contributed by atoms with van der Waals surface area (Å²) in [5.41, 5.74) is 0. The molecule has 3 nitrogen and oxygen atoms in total. The van der Waals surface area contributed by atoms with E-state index >= 15 is 0 Å². The van der Waals surface area contributed by atoms with Gasteiger partial charge in [0.1, 0.15) is 0 Å². The molecule has 0 aromatic heterocycles. The summed E-state index contributed by atoms with van der Waals surface area (Å²) in [5.74, 6) is 0.349. The van der Waals surface area contributed by atoms with Gasteiger partial charge in [0.25, 0.3) is 0 Å². The average Bonchev–Trinajstić information content (AvgIpc) is 2.46. The van der Waals surface area contributed by atoms with Gasteiger partial charge in [0, 0.05) is 25.6 Å². The van der Waals surface area contributed by atoms with E-state index in [9.17, 15) is 4.79 Å². The first-order valence-electron chi connectivity index (χ1n) is 5.33. The summed E-state index contributed by atoms with van der Waals surface area (Å²) in [6.45, 7) is 5.27. The lowest BCUT2D eigenvalue weighted by molar-refractivity contribution is -0.131. The van der Waals surface area contributed by atoms with Gasteiger partial charge in [0.15, 0.2) is 0 Å². The molecule has 0 aliphatic carbocycles. The van der Waals surface area contributed by atoms with Crippen molar-refractivity contribution in [2.75, 3.05) is 19.8 Å². The van der Waals surface area contributed by atoms with E-state index in [-0.39, 0.29) is 0 Å². The van der Waals surface area contributed by atoms with E-state index in [0.717, 1.165) is 32.1 Å². The molecule has 2 fully saturated rings. The molecular weight excluding hydrogens is 164 g/mol. The number of carbonyl (C=O) groups excluding carboxylic acids is 1. The molecule has 2 aliphatic heterocycles. The number of nitrogens with zero attached hydrogens (tertiary/aromatic N) is 2. The predicted octanol–water partition coefficient (Wildman–Crippen LogP) is 1.05. The highest BCUT2D eigenvalue weighted by Gasteiger charge is 2.30. The lowest BCUT2D eigenvalue weighted by Gasteiger charge is -2.42. The first-order valence-corrected chi connectivity index (χ1v) is 5.33. The van der Waals surface area contributed by atoms with Crippen LogP contribution in [0.15, 0.2) is 0 Å². The summed E-state index contributed by atoms with van der Waals surface area (Å²) < 4.78 is 0. The summed E-state index contributed by atoms with van der Waals surface area (Å²) in [5, 5.41) is 0. The van der Waals surface area contributed by atoms with Gasteiger partial charge in [-0.25, -0.2) is 0 Å². The fourth-order valence-electron chi connectivity index (χ4n) is 2.22. The highest BCUT2D eigenvalue weighted by atomic mass is 16.2. The topological polar surface area (TPSA) is 23.6 Å². The highest BCUT2D eigenvalue weighted by molar-refractivity contribution is 5.77. The van der Waals surface area contributed by atoms with Crippen LogP contribution >= 0.6 is 0 Å². The molecule has 2 saturated heterocycles. The minimum Gasteiger partial charge on any atom is -0.330 e. The molecule has 0 aromatic rings. The molecule has 2 heterocycles. The maximum Gasteiger partial charge on any atom is 0.223 e. The van der Waals surface area contributed by atoms with E-state index in [0.29, 0.717) is 5.91 Å². The van der Waals surface area contributed by atoms with Crippen LogP contribution in [0.3, 0.4) is 0 Å². The third-order valence-electron chi connectivity index (χ3n) is 3.26. The Morgan fingerprint density at radius 2 is 2.31 bits per heavy atom. The molecule has 0 bridgehead atoms. The van der Waals surface area contributed by atoms with Crippen molar-refractivity contribution in [3.63, 3.8) is 0 Å². The Labute approximate surface area is 79.7 Å². The molecule has 2 rings (SSSR count). The van der Waals surface area contributed by atoms with E-state index < -0.39 is 0 Å². The lowest BCUT2D eigenvalue weighted by atomic mass is 10.0. The molecule has 1 atom stereocenters. The van der Waals surface area contributed by atoms with Crippen molar-refractivity contribution in [1.82, 2.24) is 9.80 Å². The first kappa shape index (κ1) is 9.00. The summed E-state index contributed by atoms with van der Waals surface area (Å²) in [6, 6.07) is 0.744. The average molecular weight is 182 g/mol. The largest absolute Gasteiger partial charge is 0.330 e. The number of hydrogen-bond acceptors (Lipinski definition) is 2. The SMILES string of the molecule is CCC1CCN1CN1CCCC1=O. The molecule has 0 aromatic carbocycles. The monoisotopic (exact) mass is 182 g/mol. The van der Waals surface area contributed by atoms with Crippen LogP contribution in [-0.2, 0) is 4.79 Å². The van der Waals surface area contributed by atoms with Gasteiger partial charge in [-0.3, -0.25) is 9.69 Å². The van der Waals surface area contributed by atoms with Crippen LogP contribution in [0.2, 0.25) is 0 Å². The Morgan fingerprint density at radius 1 is 1.46 bits per heavy atom. The van der Waals surface area contributed by atoms with Crippen molar-refractivity contribution in [2.45, 2.75) is 38.6 Å². The van der Waals surface area contributed by atoms with Gasteiger partial charge in [-0.1, -0.05) is 6.92 Å². The van der Waals surface area contributed by atoms with Crippen LogP contribution < -0.4 is 0 Å². The van der Waals surface area contributed by atoms with Crippen molar-refractivity contribution in [3.8, 4) is 0 Å². The molecule has 74 valence electrons. The summed E-state index contributed by atoms with van der Waals surface area (Å²) in [7, 11) is 0. The molecule has 1 unspecified atom stereocenters. The lowest BCUT2D eigenvalue weighted by Crippen LogP contribution is -2.52. The van der Waals surface area contributed by atoms with Crippen molar-refractivity contribution >= 4 is 5.91 Å². The van der Waals surface area contributed by atoms with Crippen LogP contribution in [0.1, 0.15) is 32.6 Å². The van der Waals surface area contributed by atoms with E-state index in [1.165, 1.54) is 19.4 Å². The normalized spacial score (nSPS) is 29.5. The number of hydrogen-bond donors (Lipinski definition) is 0. The molecule has 3 heteroatoms. The van der Waals surface area contributed by atoms with Crippen LogP contribution in [0.5, 0.6) is 0 Å². The van der Waals surface area contributed by atoms with Crippen LogP contribution in [-0.4, -0.2) is 41.5 Å². The molecular formula is C10H18N2O. The van der Waals surface area contributed by atoms with E-state index in [1.54, 1.807) is 0 Å². The van der Waals surface area contributed by atoms with Gasteiger partial charge in [0.05, 0.1) is 6.67 Å². The number of amides is 1. The van der Waals surface area contributed by atoms with Gasteiger partial charge >= 0.3 is 0 Å². The van der Waals surface area contributed by atoms with Gasteiger partial charge in [0.2, 0.25) is 5.91 Å². The molecule has 0 spiro atoms. The van der Waals surface area contributed by atoms with Gasteiger partial charge in [-0.15, -0.1) is 0 Å². The predicted molar refractivity (Wildman–Crippen MR) is 51.2 cm³/mol. The number of rotatable bonds is 3. The molecule has 0 radical (unpaired) electrons. The Balaban J connectivity index is 1.80. The maximum absolute atomic E-state index is 11.3. The number of carbonyl (C=O) groups is 1. The van der Waals surface area contributed by atoms with Gasteiger partial charge < -0.3 is 4.90 Å². The quantitative estimate of drug-likeness (QED) is 0.651. The van der Waals surface area contributed by atoms with Crippen molar-refractivity contribution in [3.05, 3.63) is 0 Å². The maximum atomic E-state index is 11.3. The Bertz CT molecular complexity index is 203. The zero-order valence-electron chi connectivity index (χ0n) is 8.33. The third-order valence-corrected chi connectivity index (χ3v) is 3.26. The zero-order chi connectivity index (χ0) is 9.26. The zero-order valence-corrected chi connectivity index (χ0v) is 8.33. The van der Waals surface area contributed by atoms with E-state index in [4.69, 9.17) is 0 Å². The van der Waals surface area contributed by atoms with Gasteiger partial charge in [-0.2, -0.15) is 0 Å². The van der Waals surface area contributed by atoms with Crippen LogP contribution in [0.25, 0.3) is 0 Å². The standard InChI is InChI=1S/C10H18N2O/c1-2-9-5-7-11(9)8-12-6-3-4-10(12)13/h9H,2-8H2,1H3. The fraction of sp³-hybridized carbons (Fsp3) is 0.900. The summed E-state index contributed by atoms with van der Waals surface area (Å²) in [6.07, 6.45) is 4.37. The molecule has 0 saturated carbocycles. The molecule has 1 amide bonds. The Hall–Kier alpha value is -0.570. The van der Waals surface area contributed by atoms with Crippen molar-refractivity contribution in [2.24, 2.45) is 0 Å². The van der Waals surface area contributed by atoms with Crippen LogP contribution in [0, 0.1) is 0 Å². The molecule has 13 heavy (non-hydrogen) atoms. The minimum atomic E-state index is 0.349. The second-order valence-electron chi connectivity index (χ2n) is 4.07. The highest BCUT2D eigenvalue weighted by Crippen LogP contribution is 2.21.